The van der Waals surface area contributed by atoms with Gasteiger partial charge < -0.3 is 4.57 Å². The first-order valence-electron chi connectivity index (χ1n) is 9.60. The molecule has 0 bridgehead atoms. The molecular weight excluding hydrogens is 326 g/mol. The van der Waals surface area contributed by atoms with Crippen LogP contribution in [0.1, 0.15) is 11.3 Å². The SMILES string of the molecule is c1ccc(-n2c3c(c4ccc5ccccc5c42)-c2ccccc2CC3)cc1. The van der Waals surface area contributed by atoms with Gasteiger partial charge in [-0.3, -0.25) is 0 Å². The lowest BCUT2D eigenvalue weighted by molar-refractivity contribution is 0.866. The van der Waals surface area contributed by atoms with Crippen molar-refractivity contribution < 1.29 is 0 Å². The topological polar surface area (TPSA) is 4.93 Å². The first-order chi connectivity index (χ1) is 13.4. The predicted molar refractivity (Wildman–Crippen MR) is 114 cm³/mol. The molecule has 1 heteroatoms. The zero-order valence-electron chi connectivity index (χ0n) is 15.0. The molecule has 1 heterocycles. The molecule has 0 N–H and O–H groups in total. The number of hydrogen-bond donors (Lipinski definition) is 0. The fourth-order valence-electron chi connectivity index (χ4n) is 4.73. The van der Waals surface area contributed by atoms with Crippen LogP contribution < -0.4 is 0 Å². The van der Waals surface area contributed by atoms with Gasteiger partial charge in [-0.15, -0.1) is 0 Å². The minimum atomic E-state index is 1.07. The highest BCUT2D eigenvalue weighted by Crippen LogP contribution is 2.44. The Morgan fingerprint density at radius 3 is 2.30 bits per heavy atom. The Kier molecular flexibility index (Phi) is 3.06. The lowest BCUT2D eigenvalue weighted by Gasteiger charge is -2.19. The van der Waals surface area contributed by atoms with Crippen molar-refractivity contribution in [3.05, 3.63) is 102 Å². The van der Waals surface area contributed by atoms with Gasteiger partial charge in [-0.1, -0.05) is 78.9 Å². The summed E-state index contributed by atoms with van der Waals surface area (Å²) >= 11 is 0. The highest BCUT2D eigenvalue weighted by Gasteiger charge is 2.25. The van der Waals surface area contributed by atoms with E-state index in [0.29, 0.717) is 0 Å². The molecule has 27 heavy (non-hydrogen) atoms. The smallest absolute Gasteiger partial charge is 0.0616 e. The molecule has 0 saturated heterocycles. The Morgan fingerprint density at radius 1 is 0.593 bits per heavy atom. The largest absolute Gasteiger partial charge is 0.312 e. The third-order valence-corrected chi connectivity index (χ3v) is 5.88. The second kappa shape index (κ2) is 5.59. The van der Waals surface area contributed by atoms with Gasteiger partial charge in [0.25, 0.3) is 0 Å². The van der Waals surface area contributed by atoms with E-state index < -0.39 is 0 Å². The van der Waals surface area contributed by atoms with E-state index in [-0.39, 0.29) is 0 Å². The molecule has 1 aliphatic carbocycles. The zero-order chi connectivity index (χ0) is 17.8. The Hall–Kier alpha value is -3.32. The van der Waals surface area contributed by atoms with E-state index >= 15 is 0 Å². The lowest BCUT2D eigenvalue weighted by Crippen LogP contribution is -2.07. The number of benzene rings is 4. The molecule has 0 atom stereocenters. The molecule has 128 valence electrons. The quantitative estimate of drug-likeness (QED) is 0.325. The third kappa shape index (κ3) is 2.06. The molecule has 1 aromatic heterocycles. The summed E-state index contributed by atoms with van der Waals surface area (Å²) in [5.74, 6) is 0. The first-order valence-corrected chi connectivity index (χ1v) is 9.60. The highest BCUT2D eigenvalue weighted by molar-refractivity contribution is 6.13. The standard InChI is InChI=1S/C26H19N/c1-2-10-20(11-3-1)27-24-17-15-18-8-4-6-12-21(18)25(24)23-16-14-19-9-5-7-13-22(19)26(23)27/h1-14,16H,15,17H2. The van der Waals surface area contributed by atoms with Gasteiger partial charge in [-0.25, -0.2) is 0 Å². The normalized spacial score (nSPS) is 12.9. The predicted octanol–water partition coefficient (Wildman–Crippen LogP) is 6.55. The number of aryl methyl sites for hydroxylation is 1. The summed E-state index contributed by atoms with van der Waals surface area (Å²) in [6.45, 7) is 0. The molecule has 4 aromatic carbocycles. The highest BCUT2D eigenvalue weighted by atomic mass is 15.0. The summed E-state index contributed by atoms with van der Waals surface area (Å²) in [5, 5.41) is 3.98. The third-order valence-electron chi connectivity index (χ3n) is 5.88. The van der Waals surface area contributed by atoms with Crippen LogP contribution in [0.4, 0.5) is 0 Å². The van der Waals surface area contributed by atoms with Crippen molar-refractivity contribution in [1.82, 2.24) is 4.57 Å². The lowest BCUT2D eigenvalue weighted by atomic mass is 9.88. The van der Waals surface area contributed by atoms with Gasteiger partial charge in [0.05, 0.1) is 5.52 Å². The van der Waals surface area contributed by atoms with Crippen molar-refractivity contribution in [2.24, 2.45) is 0 Å². The van der Waals surface area contributed by atoms with Gasteiger partial charge in [-0.2, -0.15) is 0 Å². The molecule has 1 aliphatic rings. The van der Waals surface area contributed by atoms with Crippen LogP contribution in [-0.4, -0.2) is 4.57 Å². The minimum absolute atomic E-state index is 1.07. The summed E-state index contributed by atoms with van der Waals surface area (Å²) < 4.78 is 2.50. The number of hydrogen-bond acceptors (Lipinski definition) is 0. The van der Waals surface area contributed by atoms with Crippen molar-refractivity contribution in [3.63, 3.8) is 0 Å². The van der Waals surface area contributed by atoms with Crippen molar-refractivity contribution in [3.8, 4) is 16.8 Å². The van der Waals surface area contributed by atoms with E-state index in [1.54, 1.807) is 0 Å². The molecule has 0 aliphatic heterocycles. The van der Waals surface area contributed by atoms with Gasteiger partial charge in [0, 0.05) is 27.7 Å². The summed E-state index contributed by atoms with van der Waals surface area (Å²) in [4.78, 5) is 0. The molecular formula is C26H19N. The first kappa shape index (κ1) is 14.8. The molecule has 0 spiro atoms. The van der Waals surface area contributed by atoms with Gasteiger partial charge in [0.1, 0.15) is 0 Å². The fraction of sp³-hybridized carbons (Fsp3) is 0.0769. The van der Waals surface area contributed by atoms with Crippen LogP contribution in [0.25, 0.3) is 38.5 Å². The van der Waals surface area contributed by atoms with Crippen LogP contribution in [-0.2, 0) is 12.8 Å². The fourth-order valence-corrected chi connectivity index (χ4v) is 4.73. The molecule has 5 aromatic rings. The maximum atomic E-state index is 2.50. The summed E-state index contributed by atoms with van der Waals surface area (Å²) in [6.07, 6.45) is 2.18. The Labute approximate surface area is 158 Å². The van der Waals surface area contributed by atoms with Crippen LogP contribution in [0.15, 0.2) is 91.0 Å². The number of rotatable bonds is 1. The van der Waals surface area contributed by atoms with Crippen molar-refractivity contribution >= 4 is 21.7 Å². The summed E-state index contributed by atoms with van der Waals surface area (Å²) in [7, 11) is 0. The molecule has 0 unspecified atom stereocenters. The zero-order valence-corrected chi connectivity index (χ0v) is 15.0. The van der Waals surface area contributed by atoms with Crippen LogP contribution >= 0.6 is 0 Å². The summed E-state index contributed by atoms with van der Waals surface area (Å²) in [5.41, 5.74) is 8.30. The van der Waals surface area contributed by atoms with Gasteiger partial charge >= 0.3 is 0 Å². The van der Waals surface area contributed by atoms with Gasteiger partial charge in [0.15, 0.2) is 0 Å². The Morgan fingerprint density at radius 2 is 1.37 bits per heavy atom. The Balaban J connectivity index is 1.85. The van der Waals surface area contributed by atoms with E-state index in [0.717, 1.165) is 12.8 Å². The van der Waals surface area contributed by atoms with Gasteiger partial charge in [0.2, 0.25) is 0 Å². The van der Waals surface area contributed by atoms with E-state index in [4.69, 9.17) is 0 Å². The molecule has 0 amide bonds. The van der Waals surface area contributed by atoms with Crippen LogP contribution in [0, 0.1) is 0 Å². The average molecular weight is 345 g/mol. The van der Waals surface area contributed by atoms with Gasteiger partial charge in [-0.05, 0) is 41.5 Å². The van der Waals surface area contributed by atoms with Crippen LogP contribution in [0.3, 0.4) is 0 Å². The molecule has 0 fully saturated rings. The van der Waals surface area contributed by atoms with Crippen LogP contribution in [0.2, 0.25) is 0 Å². The Bertz CT molecular complexity index is 1310. The molecule has 6 rings (SSSR count). The number of para-hydroxylation sites is 1. The van der Waals surface area contributed by atoms with Crippen LogP contribution in [0.5, 0.6) is 0 Å². The minimum Gasteiger partial charge on any atom is -0.312 e. The second-order valence-corrected chi connectivity index (χ2v) is 7.33. The maximum absolute atomic E-state index is 2.50. The number of fused-ring (bicyclic) bond motifs is 7. The van der Waals surface area contributed by atoms with Crippen molar-refractivity contribution in [1.29, 1.82) is 0 Å². The van der Waals surface area contributed by atoms with Crippen molar-refractivity contribution in [2.75, 3.05) is 0 Å². The molecule has 0 radical (unpaired) electrons. The number of aromatic nitrogens is 1. The molecule has 0 saturated carbocycles. The molecule has 1 nitrogen and oxygen atoms in total. The summed E-state index contributed by atoms with van der Waals surface area (Å²) in [6, 6.07) is 33.0. The average Bonchev–Trinajstić information content (AvgIpc) is 3.09. The van der Waals surface area contributed by atoms with E-state index in [1.165, 1.54) is 49.7 Å². The monoisotopic (exact) mass is 345 g/mol. The second-order valence-electron chi connectivity index (χ2n) is 7.33. The van der Waals surface area contributed by atoms with E-state index in [9.17, 15) is 0 Å². The van der Waals surface area contributed by atoms with E-state index in [1.807, 2.05) is 0 Å². The maximum Gasteiger partial charge on any atom is 0.0616 e. The number of nitrogens with zero attached hydrogens (tertiary/aromatic N) is 1. The van der Waals surface area contributed by atoms with E-state index in [2.05, 4.69) is 95.6 Å². The van der Waals surface area contributed by atoms with Crippen molar-refractivity contribution in [2.45, 2.75) is 12.8 Å².